The van der Waals surface area contributed by atoms with Crippen molar-refractivity contribution in [1.82, 2.24) is 15.4 Å². The molecule has 1 atom stereocenters. The normalized spacial score (nSPS) is 12.4. The fourth-order valence-corrected chi connectivity index (χ4v) is 1.83. The van der Waals surface area contributed by atoms with Gasteiger partial charge in [0, 0.05) is 24.2 Å². The van der Waals surface area contributed by atoms with Gasteiger partial charge in [0.15, 0.2) is 0 Å². The van der Waals surface area contributed by atoms with Gasteiger partial charge in [-0.25, -0.2) is 10.4 Å². The Morgan fingerprint density at radius 1 is 1.24 bits per heavy atom. The van der Waals surface area contributed by atoms with Crippen LogP contribution in [-0.2, 0) is 0 Å². The van der Waals surface area contributed by atoms with Crippen molar-refractivity contribution in [2.75, 3.05) is 5.73 Å². The molecule has 5 heteroatoms. The van der Waals surface area contributed by atoms with Gasteiger partial charge in [0.05, 0.1) is 6.04 Å². The number of rotatable bonds is 3. The van der Waals surface area contributed by atoms with Crippen molar-refractivity contribution >= 4 is 5.82 Å². The lowest BCUT2D eigenvalue weighted by Crippen LogP contribution is -2.30. The monoisotopic (exact) mass is 229 g/mol. The van der Waals surface area contributed by atoms with Gasteiger partial charge in [-0.15, -0.1) is 0 Å². The average molecular weight is 229 g/mol. The first-order chi connectivity index (χ1) is 8.24. The second-order valence-corrected chi connectivity index (χ2v) is 3.81. The number of aryl methyl sites for hydroxylation is 1. The van der Waals surface area contributed by atoms with Crippen LogP contribution >= 0.6 is 0 Å². The lowest BCUT2D eigenvalue weighted by molar-refractivity contribution is 0.632. The van der Waals surface area contributed by atoms with Gasteiger partial charge in [0.1, 0.15) is 5.82 Å². The van der Waals surface area contributed by atoms with E-state index in [1.165, 1.54) is 0 Å². The summed E-state index contributed by atoms with van der Waals surface area (Å²) in [5.41, 5.74) is 11.6. The largest absolute Gasteiger partial charge is 0.383 e. The molecule has 5 N–H and O–H groups in total. The second-order valence-electron chi connectivity index (χ2n) is 3.81. The van der Waals surface area contributed by atoms with Gasteiger partial charge in [-0.05, 0) is 30.2 Å². The predicted molar refractivity (Wildman–Crippen MR) is 66.8 cm³/mol. The van der Waals surface area contributed by atoms with Crippen LogP contribution in [0.4, 0.5) is 5.82 Å². The topological polar surface area (TPSA) is 89.8 Å². The number of nitrogens with one attached hydrogen (secondary N) is 1. The number of hydrogen-bond donors (Lipinski definition) is 3. The molecule has 0 fully saturated rings. The van der Waals surface area contributed by atoms with E-state index < -0.39 is 0 Å². The standard InChI is InChI=1S/C12H15N5/c1-8-7-15-6-4-9(8)11(17-14)10-3-2-5-16-12(10)13/h2-7,11,17H,14H2,1H3,(H2,13,16). The molecular formula is C12H15N5. The van der Waals surface area contributed by atoms with Crippen LogP contribution in [0.3, 0.4) is 0 Å². The minimum Gasteiger partial charge on any atom is -0.383 e. The molecule has 1 unspecified atom stereocenters. The van der Waals surface area contributed by atoms with Crippen LogP contribution < -0.4 is 17.0 Å². The van der Waals surface area contributed by atoms with Crippen molar-refractivity contribution in [3.63, 3.8) is 0 Å². The molecule has 0 aromatic carbocycles. The van der Waals surface area contributed by atoms with E-state index in [-0.39, 0.29) is 6.04 Å². The van der Waals surface area contributed by atoms with Crippen molar-refractivity contribution in [3.05, 3.63) is 53.5 Å². The predicted octanol–water partition coefficient (Wildman–Crippen LogP) is 0.920. The Morgan fingerprint density at radius 3 is 2.71 bits per heavy atom. The number of nitrogens with two attached hydrogens (primary N) is 2. The minimum atomic E-state index is -0.174. The van der Waals surface area contributed by atoms with Gasteiger partial charge >= 0.3 is 0 Å². The maximum atomic E-state index is 5.86. The molecular weight excluding hydrogens is 214 g/mol. The van der Waals surface area contributed by atoms with Crippen molar-refractivity contribution in [1.29, 1.82) is 0 Å². The molecule has 2 heterocycles. The van der Waals surface area contributed by atoms with E-state index in [1.54, 1.807) is 18.6 Å². The number of aromatic nitrogens is 2. The maximum absolute atomic E-state index is 5.86. The first-order valence-electron chi connectivity index (χ1n) is 5.31. The van der Waals surface area contributed by atoms with Crippen LogP contribution in [0.25, 0.3) is 0 Å². The number of nitrogens with zero attached hydrogens (tertiary/aromatic N) is 2. The van der Waals surface area contributed by atoms with Crippen LogP contribution in [0, 0.1) is 6.92 Å². The van der Waals surface area contributed by atoms with E-state index in [4.69, 9.17) is 11.6 Å². The van der Waals surface area contributed by atoms with E-state index in [1.807, 2.05) is 25.1 Å². The van der Waals surface area contributed by atoms with Gasteiger partial charge in [-0.1, -0.05) is 6.07 Å². The number of hydrazine groups is 1. The fourth-order valence-electron chi connectivity index (χ4n) is 1.83. The summed E-state index contributed by atoms with van der Waals surface area (Å²) in [5.74, 6) is 6.10. The van der Waals surface area contributed by atoms with Crippen LogP contribution in [-0.4, -0.2) is 9.97 Å². The molecule has 0 amide bonds. The van der Waals surface area contributed by atoms with Crippen LogP contribution in [0.5, 0.6) is 0 Å². The SMILES string of the molecule is Cc1cnccc1C(NN)c1cccnc1N. The Hall–Kier alpha value is -1.98. The summed E-state index contributed by atoms with van der Waals surface area (Å²) in [5, 5.41) is 0. The summed E-state index contributed by atoms with van der Waals surface area (Å²) in [4.78, 5) is 8.13. The van der Waals surface area contributed by atoms with Crippen LogP contribution in [0.2, 0.25) is 0 Å². The Balaban J connectivity index is 2.48. The third kappa shape index (κ3) is 2.25. The smallest absolute Gasteiger partial charge is 0.128 e. The maximum Gasteiger partial charge on any atom is 0.128 e. The molecule has 0 bridgehead atoms. The van der Waals surface area contributed by atoms with Gasteiger partial charge in [0.2, 0.25) is 0 Å². The van der Waals surface area contributed by atoms with Crippen LogP contribution in [0.15, 0.2) is 36.8 Å². The number of nitrogen functional groups attached to an aromatic ring is 1. The van der Waals surface area contributed by atoms with Gasteiger partial charge in [0.25, 0.3) is 0 Å². The van der Waals surface area contributed by atoms with Crippen molar-refractivity contribution < 1.29 is 0 Å². The Bertz CT molecular complexity index is 466. The average Bonchev–Trinajstić information content (AvgIpc) is 2.34. The third-order valence-corrected chi connectivity index (χ3v) is 2.72. The highest BCUT2D eigenvalue weighted by atomic mass is 15.2. The van der Waals surface area contributed by atoms with E-state index >= 15 is 0 Å². The Labute approximate surface area is 99.9 Å². The molecule has 0 saturated carbocycles. The van der Waals surface area contributed by atoms with Crippen LogP contribution in [0.1, 0.15) is 22.7 Å². The summed E-state index contributed by atoms with van der Waals surface area (Å²) in [6, 6.07) is 5.50. The van der Waals surface area contributed by atoms with Crippen molar-refractivity contribution in [3.8, 4) is 0 Å². The first-order valence-corrected chi connectivity index (χ1v) is 5.31. The zero-order valence-corrected chi connectivity index (χ0v) is 9.59. The Morgan fingerprint density at radius 2 is 2.06 bits per heavy atom. The zero-order chi connectivity index (χ0) is 12.3. The summed E-state index contributed by atoms with van der Waals surface area (Å²) >= 11 is 0. The molecule has 2 aromatic rings. The van der Waals surface area contributed by atoms with E-state index in [0.29, 0.717) is 5.82 Å². The van der Waals surface area contributed by atoms with E-state index in [0.717, 1.165) is 16.7 Å². The molecule has 0 aliphatic carbocycles. The molecule has 17 heavy (non-hydrogen) atoms. The summed E-state index contributed by atoms with van der Waals surface area (Å²) in [6.07, 6.45) is 5.19. The quantitative estimate of drug-likeness (QED) is 0.538. The lowest BCUT2D eigenvalue weighted by Gasteiger charge is -2.19. The molecule has 5 nitrogen and oxygen atoms in total. The first kappa shape index (κ1) is 11.5. The van der Waals surface area contributed by atoms with Gasteiger partial charge < -0.3 is 5.73 Å². The zero-order valence-electron chi connectivity index (χ0n) is 9.59. The molecule has 2 aromatic heterocycles. The molecule has 88 valence electrons. The summed E-state index contributed by atoms with van der Waals surface area (Å²) in [7, 11) is 0. The molecule has 0 saturated heterocycles. The number of hydrogen-bond acceptors (Lipinski definition) is 5. The Kier molecular flexibility index (Phi) is 3.32. The molecule has 2 rings (SSSR count). The highest BCUT2D eigenvalue weighted by molar-refractivity contribution is 5.46. The minimum absolute atomic E-state index is 0.174. The highest BCUT2D eigenvalue weighted by Crippen LogP contribution is 2.26. The van der Waals surface area contributed by atoms with E-state index in [2.05, 4.69) is 15.4 Å². The lowest BCUT2D eigenvalue weighted by atomic mass is 9.97. The molecule has 0 aliphatic rings. The second kappa shape index (κ2) is 4.90. The molecule has 0 radical (unpaired) electrons. The summed E-state index contributed by atoms with van der Waals surface area (Å²) < 4.78 is 0. The summed E-state index contributed by atoms with van der Waals surface area (Å²) in [6.45, 7) is 1.99. The third-order valence-electron chi connectivity index (χ3n) is 2.72. The van der Waals surface area contributed by atoms with Gasteiger partial charge in [-0.3, -0.25) is 10.8 Å². The molecule has 0 aliphatic heterocycles. The van der Waals surface area contributed by atoms with E-state index in [9.17, 15) is 0 Å². The number of pyridine rings is 2. The molecule has 0 spiro atoms. The van der Waals surface area contributed by atoms with Crippen molar-refractivity contribution in [2.45, 2.75) is 13.0 Å². The highest BCUT2D eigenvalue weighted by Gasteiger charge is 2.17. The van der Waals surface area contributed by atoms with Gasteiger partial charge in [-0.2, -0.15) is 0 Å². The van der Waals surface area contributed by atoms with Crippen molar-refractivity contribution in [2.24, 2.45) is 5.84 Å². The fraction of sp³-hybridized carbons (Fsp3) is 0.167. The number of anilines is 1.